The van der Waals surface area contributed by atoms with E-state index >= 15 is 0 Å². The van der Waals surface area contributed by atoms with Crippen molar-refractivity contribution in [2.75, 3.05) is 0 Å². The van der Waals surface area contributed by atoms with Crippen LogP contribution in [0.15, 0.2) is 73.0 Å². The van der Waals surface area contributed by atoms with Crippen LogP contribution in [-0.2, 0) is 6.42 Å². The van der Waals surface area contributed by atoms with Crippen LogP contribution in [0.3, 0.4) is 0 Å². The second kappa shape index (κ2) is 7.35. The molecular formula is C23H20O7. The topological polar surface area (TPSA) is 110 Å². The van der Waals surface area contributed by atoms with Crippen LogP contribution in [0, 0.1) is 0 Å². The molecule has 2 aromatic heterocycles. The summed E-state index contributed by atoms with van der Waals surface area (Å²) in [7, 11) is 0. The molecule has 0 bridgehead atoms. The first-order valence-electron chi connectivity index (χ1n) is 9.38. The van der Waals surface area contributed by atoms with Gasteiger partial charge in [0.05, 0.1) is 5.60 Å². The van der Waals surface area contributed by atoms with E-state index in [1.807, 2.05) is 6.07 Å². The summed E-state index contributed by atoms with van der Waals surface area (Å²) < 4.78 is 15.6. The lowest BCUT2D eigenvalue weighted by Crippen LogP contribution is -2.39. The summed E-state index contributed by atoms with van der Waals surface area (Å²) in [4.78, 5) is 21.9. The van der Waals surface area contributed by atoms with Crippen molar-refractivity contribution in [2.24, 2.45) is 0 Å². The van der Waals surface area contributed by atoms with Crippen LogP contribution in [0.5, 0.6) is 11.5 Å². The van der Waals surface area contributed by atoms with E-state index in [0.29, 0.717) is 23.3 Å². The van der Waals surface area contributed by atoms with Gasteiger partial charge in [0.1, 0.15) is 28.8 Å². The Morgan fingerprint density at radius 2 is 1.47 bits per heavy atom. The smallest absolute Gasteiger partial charge is 0.336 e. The van der Waals surface area contributed by atoms with E-state index < -0.39 is 11.2 Å². The van der Waals surface area contributed by atoms with Gasteiger partial charge in [-0.2, -0.15) is 0 Å². The highest BCUT2D eigenvalue weighted by atomic mass is 16.5. The van der Waals surface area contributed by atoms with Crippen LogP contribution in [0.4, 0.5) is 0 Å². The van der Waals surface area contributed by atoms with Crippen molar-refractivity contribution >= 4 is 21.9 Å². The molecule has 0 fully saturated rings. The lowest BCUT2D eigenvalue weighted by molar-refractivity contribution is -0.0229. The van der Waals surface area contributed by atoms with Crippen molar-refractivity contribution in [3.63, 3.8) is 0 Å². The molecule has 0 saturated carbocycles. The van der Waals surface area contributed by atoms with Gasteiger partial charge in [-0.15, -0.1) is 0 Å². The number of hydrogen-bond donors (Lipinski definition) is 2. The van der Waals surface area contributed by atoms with Crippen LogP contribution in [0.25, 0.3) is 21.9 Å². The SMILES string of the molecule is CC(C)(O)C1Cc2cc3ccc(=O)oc3cc2O1.O=c1ccc2ccc(O)cc2o1. The first kappa shape index (κ1) is 19.7. The number of phenolic OH excluding ortho intramolecular Hbond substituents is 1. The lowest BCUT2D eigenvalue weighted by atomic mass is 9.97. The molecular weight excluding hydrogens is 388 g/mol. The zero-order chi connectivity index (χ0) is 21.5. The maximum Gasteiger partial charge on any atom is 0.336 e. The van der Waals surface area contributed by atoms with E-state index in [1.54, 1.807) is 44.2 Å². The normalized spacial score (nSPS) is 15.4. The average molecular weight is 408 g/mol. The summed E-state index contributed by atoms with van der Waals surface area (Å²) in [5.41, 5.74) is 0.266. The van der Waals surface area contributed by atoms with Gasteiger partial charge in [-0.25, -0.2) is 9.59 Å². The fourth-order valence-corrected chi connectivity index (χ4v) is 3.25. The van der Waals surface area contributed by atoms with Gasteiger partial charge in [-0.1, -0.05) is 0 Å². The van der Waals surface area contributed by atoms with Crippen molar-refractivity contribution < 1.29 is 23.8 Å². The molecule has 0 aliphatic carbocycles. The second-order valence-electron chi connectivity index (χ2n) is 7.69. The molecule has 0 amide bonds. The molecule has 2 N–H and O–H groups in total. The zero-order valence-electron chi connectivity index (χ0n) is 16.4. The molecule has 0 spiro atoms. The minimum absolute atomic E-state index is 0.0943. The Morgan fingerprint density at radius 3 is 2.13 bits per heavy atom. The predicted octanol–water partition coefficient (Wildman–Crippen LogP) is 3.37. The molecule has 154 valence electrons. The minimum Gasteiger partial charge on any atom is -0.508 e. The van der Waals surface area contributed by atoms with Gasteiger partial charge in [-0.3, -0.25) is 0 Å². The van der Waals surface area contributed by atoms with Crippen LogP contribution < -0.4 is 16.0 Å². The van der Waals surface area contributed by atoms with E-state index in [2.05, 4.69) is 0 Å². The fraction of sp³-hybridized carbons (Fsp3) is 0.217. The summed E-state index contributed by atoms with van der Waals surface area (Å²) in [6.07, 6.45) is 0.393. The molecule has 1 aliphatic heterocycles. The van der Waals surface area contributed by atoms with Gasteiger partial charge in [0.25, 0.3) is 0 Å². The van der Waals surface area contributed by atoms with Gasteiger partial charge in [0.15, 0.2) is 0 Å². The highest BCUT2D eigenvalue weighted by Crippen LogP contribution is 2.35. The van der Waals surface area contributed by atoms with Crippen LogP contribution >= 0.6 is 0 Å². The van der Waals surface area contributed by atoms with Crippen molar-refractivity contribution in [1.29, 1.82) is 0 Å². The number of ether oxygens (including phenoxy) is 1. The van der Waals surface area contributed by atoms with E-state index in [0.717, 1.165) is 16.3 Å². The van der Waals surface area contributed by atoms with Crippen molar-refractivity contribution in [3.05, 3.63) is 81.0 Å². The number of aromatic hydroxyl groups is 1. The molecule has 1 atom stereocenters. The molecule has 0 radical (unpaired) electrons. The summed E-state index contributed by atoms with van der Waals surface area (Å²) in [5, 5.41) is 20.7. The molecule has 1 aliphatic rings. The summed E-state index contributed by atoms with van der Waals surface area (Å²) in [5.74, 6) is 0.779. The van der Waals surface area contributed by atoms with Gasteiger partial charge >= 0.3 is 11.3 Å². The van der Waals surface area contributed by atoms with Crippen molar-refractivity contribution in [1.82, 2.24) is 0 Å². The Labute approximate surface area is 170 Å². The molecule has 5 rings (SSSR count). The first-order valence-corrected chi connectivity index (χ1v) is 9.38. The molecule has 4 aromatic rings. The Balaban J connectivity index is 0.000000158. The minimum atomic E-state index is -0.897. The number of benzene rings is 2. The molecule has 30 heavy (non-hydrogen) atoms. The molecule has 2 aromatic carbocycles. The number of fused-ring (bicyclic) bond motifs is 3. The summed E-state index contributed by atoms with van der Waals surface area (Å²) in [6.45, 7) is 3.45. The second-order valence-corrected chi connectivity index (χ2v) is 7.69. The summed E-state index contributed by atoms with van der Waals surface area (Å²) >= 11 is 0. The standard InChI is InChI=1S/C14H14O4.C9H6O3/c1-14(2,16)12-6-9-5-8-3-4-13(15)18-10(8)7-11(9)17-12;10-7-3-1-6-2-4-9(11)12-8(6)5-7/h3-5,7,12,16H,6H2,1-2H3;1-5,10H. The fourth-order valence-electron chi connectivity index (χ4n) is 3.25. The Hall–Kier alpha value is -3.58. The van der Waals surface area contributed by atoms with E-state index in [1.165, 1.54) is 18.2 Å². The molecule has 3 heterocycles. The summed E-state index contributed by atoms with van der Waals surface area (Å²) in [6, 6.07) is 14.4. The quantitative estimate of drug-likeness (QED) is 0.465. The van der Waals surface area contributed by atoms with Crippen molar-refractivity contribution in [3.8, 4) is 11.5 Å². The van der Waals surface area contributed by atoms with Gasteiger partial charge in [0, 0.05) is 41.5 Å². The molecule has 0 saturated heterocycles. The van der Waals surface area contributed by atoms with Crippen LogP contribution in [0.2, 0.25) is 0 Å². The number of phenols is 1. The van der Waals surface area contributed by atoms with E-state index in [-0.39, 0.29) is 17.5 Å². The molecule has 7 nitrogen and oxygen atoms in total. The third-order valence-electron chi connectivity index (χ3n) is 4.87. The van der Waals surface area contributed by atoms with Gasteiger partial charge < -0.3 is 23.8 Å². The maximum absolute atomic E-state index is 11.2. The average Bonchev–Trinajstić information content (AvgIpc) is 3.09. The number of rotatable bonds is 1. The highest BCUT2D eigenvalue weighted by molar-refractivity contribution is 5.80. The lowest BCUT2D eigenvalue weighted by Gasteiger charge is -2.24. The van der Waals surface area contributed by atoms with E-state index in [9.17, 15) is 14.7 Å². The molecule has 1 unspecified atom stereocenters. The highest BCUT2D eigenvalue weighted by Gasteiger charge is 2.35. The Kier molecular flexibility index (Phi) is 4.83. The van der Waals surface area contributed by atoms with Crippen LogP contribution in [-0.4, -0.2) is 21.9 Å². The first-order chi connectivity index (χ1) is 14.2. The van der Waals surface area contributed by atoms with Gasteiger partial charge in [-0.05, 0) is 49.7 Å². The molecule has 7 heteroatoms. The third-order valence-corrected chi connectivity index (χ3v) is 4.87. The third kappa shape index (κ3) is 4.06. The maximum atomic E-state index is 11.2. The van der Waals surface area contributed by atoms with Gasteiger partial charge in [0.2, 0.25) is 0 Å². The Bertz CT molecular complexity index is 1340. The monoisotopic (exact) mass is 408 g/mol. The largest absolute Gasteiger partial charge is 0.508 e. The number of aliphatic hydroxyl groups is 1. The van der Waals surface area contributed by atoms with Crippen LogP contribution in [0.1, 0.15) is 19.4 Å². The predicted molar refractivity (Wildman–Crippen MR) is 111 cm³/mol. The number of hydrogen-bond acceptors (Lipinski definition) is 7. The van der Waals surface area contributed by atoms with Crippen molar-refractivity contribution in [2.45, 2.75) is 32.0 Å². The van der Waals surface area contributed by atoms with E-state index in [4.69, 9.17) is 18.7 Å². The zero-order valence-corrected chi connectivity index (χ0v) is 16.4. The Morgan fingerprint density at radius 1 is 0.867 bits per heavy atom.